The second-order valence-electron chi connectivity index (χ2n) is 5.61. The molecule has 26 heavy (non-hydrogen) atoms. The van der Waals surface area contributed by atoms with Crippen LogP contribution in [0.4, 0.5) is 13.2 Å². The molecule has 2 rings (SSSR count). The van der Waals surface area contributed by atoms with E-state index in [1.54, 1.807) is 18.9 Å². The minimum absolute atomic E-state index is 0.0572. The molecule has 0 aliphatic heterocycles. The molecular weight excluding hydrogens is 359 g/mol. The third-order valence-corrected chi connectivity index (χ3v) is 3.34. The summed E-state index contributed by atoms with van der Waals surface area (Å²) in [7, 11) is 0. The Morgan fingerprint density at radius 1 is 1.31 bits per heavy atom. The van der Waals surface area contributed by atoms with E-state index in [2.05, 4.69) is 20.2 Å². The average molecular weight is 375 g/mol. The van der Waals surface area contributed by atoms with Gasteiger partial charge in [-0.15, -0.1) is 10.2 Å². The summed E-state index contributed by atoms with van der Waals surface area (Å²) in [6.45, 7) is 4.74. The van der Waals surface area contributed by atoms with Gasteiger partial charge in [-0.1, -0.05) is 0 Å². The molecule has 2 aromatic heterocycles. The van der Waals surface area contributed by atoms with Crippen LogP contribution in [0.5, 0.6) is 0 Å². The highest BCUT2D eigenvalue weighted by Gasteiger charge is 2.36. The lowest BCUT2D eigenvalue weighted by Gasteiger charge is -2.24. The highest BCUT2D eigenvalue weighted by Crippen LogP contribution is 2.26. The Labute approximate surface area is 145 Å². The molecule has 13 heteroatoms. The van der Waals surface area contributed by atoms with Crippen LogP contribution in [0.3, 0.4) is 0 Å². The number of halogens is 3. The first-order chi connectivity index (χ1) is 12.0. The summed E-state index contributed by atoms with van der Waals surface area (Å²) < 4.78 is 38.7. The van der Waals surface area contributed by atoms with Gasteiger partial charge in [-0.25, -0.2) is 4.98 Å². The number of amides is 1. The molecule has 142 valence electrons. The summed E-state index contributed by atoms with van der Waals surface area (Å²) in [6.07, 6.45) is -4.97. The number of carbonyl (C=O) groups is 2. The van der Waals surface area contributed by atoms with Crippen LogP contribution in [0, 0.1) is 6.92 Å². The molecule has 1 amide bonds. The van der Waals surface area contributed by atoms with Crippen LogP contribution >= 0.6 is 0 Å². The lowest BCUT2D eigenvalue weighted by Crippen LogP contribution is -2.39. The maximum atomic E-state index is 12.6. The fourth-order valence-corrected chi connectivity index (χ4v) is 2.08. The molecule has 0 atom stereocenters. The van der Waals surface area contributed by atoms with Gasteiger partial charge < -0.3 is 10.0 Å². The number of nitrogens with one attached hydrogen (secondary N) is 1. The van der Waals surface area contributed by atoms with E-state index in [9.17, 15) is 22.8 Å². The summed E-state index contributed by atoms with van der Waals surface area (Å²) in [4.78, 5) is 31.7. The fraction of sp³-hybridized carbons (Fsp3) is 0.538. The van der Waals surface area contributed by atoms with Crippen molar-refractivity contribution in [2.45, 2.75) is 39.4 Å². The number of aliphatic carboxylic acids is 1. The van der Waals surface area contributed by atoms with Gasteiger partial charge in [-0.2, -0.15) is 22.8 Å². The lowest BCUT2D eigenvalue weighted by molar-refractivity contribution is -0.144. The number of hydrogen-bond donors (Lipinski definition) is 2. The molecule has 0 radical (unpaired) electrons. The quantitative estimate of drug-likeness (QED) is 0.771. The van der Waals surface area contributed by atoms with Gasteiger partial charge in [0.15, 0.2) is 0 Å². The van der Waals surface area contributed by atoms with Gasteiger partial charge in [0, 0.05) is 12.6 Å². The predicted molar refractivity (Wildman–Crippen MR) is 79.5 cm³/mol. The number of aromatic amines is 1. The molecule has 0 saturated carbocycles. The normalized spacial score (nSPS) is 11.8. The van der Waals surface area contributed by atoms with E-state index in [0.29, 0.717) is 0 Å². The summed E-state index contributed by atoms with van der Waals surface area (Å²) in [5, 5.41) is 17.8. The van der Waals surface area contributed by atoms with E-state index in [-0.39, 0.29) is 30.7 Å². The minimum Gasteiger partial charge on any atom is -0.481 e. The van der Waals surface area contributed by atoms with Gasteiger partial charge in [0.05, 0.1) is 6.42 Å². The Morgan fingerprint density at radius 2 is 1.96 bits per heavy atom. The molecule has 0 aromatic carbocycles. The maximum absolute atomic E-state index is 12.6. The van der Waals surface area contributed by atoms with Crippen molar-refractivity contribution in [2.75, 3.05) is 6.54 Å². The number of alkyl halides is 3. The van der Waals surface area contributed by atoms with Crippen molar-refractivity contribution in [1.82, 2.24) is 34.8 Å². The van der Waals surface area contributed by atoms with E-state index in [1.165, 1.54) is 11.8 Å². The van der Waals surface area contributed by atoms with E-state index >= 15 is 0 Å². The topological polar surface area (TPSA) is 130 Å². The number of carboxylic acids is 1. The first-order valence-corrected chi connectivity index (χ1v) is 7.47. The molecule has 2 heterocycles. The van der Waals surface area contributed by atoms with Gasteiger partial charge in [-0.3, -0.25) is 14.7 Å². The van der Waals surface area contributed by atoms with Crippen LogP contribution in [0.1, 0.15) is 42.5 Å². The molecule has 0 aliphatic carbocycles. The van der Waals surface area contributed by atoms with Crippen LogP contribution in [0.15, 0.2) is 0 Å². The number of nitrogens with zero attached hydrogens (tertiary/aromatic N) is 6. The summed E-state index contributed by atoms with van der Waals surface area (Å²) in [5.41, 5.74) is 0. The first-order valence-electron chi connectivity index (χ1n) is 7.47. The molecule has 0 saturated heterocycles. The highest BCUT2D eigenvalue weighted by atomic mass is 19.4. The molecule has 0 unspecified atom stereocenters. The summed E-state index contributed by atoms with van der Waals surface area (Å²) in [6, 6.07) is -0.325. The Kier molecular flexibility index (Phi) is 5.28. The van der Waals surface area contributed by atoms with Crippen LogP contribution < -0.4 is 0 Å². The standard InChI is InChI=1S/C13H16F3N7O3/c1-6(2)22(5-4-8(24)25)10(26)9-17-7(3)23(21-9)12-18-11(19-20-12)13(14,15)16/h6H,4-5H2,1-3H3,(H,24,25)(H,18,19,20). The van der Waals surface area contributed by atoms with E-state index < -0.39 is 29.8 Å². The average Bonchev–Trinajstić information content (AvgIpc) is 3.12. The van der Waals surface area contributed by atoms with Gasteiger partial charge in [0.2, 0.25) is 11.6 Å². The van der Waals surface area contributed by atoms with Gasteiger partial charge in [0.25, 0.3) is 11.9 Å². The zero-order valence-corrected chi connectivity index (χ0v) is 14.1. The smallest absolute Gasteiger partial charge is 0.451 e. The van der Waals surface area contributed by atoms with E-state index in [1.807, 2.05) is 0 Å². The van der Waals surface area contributed by atoms with Crippen molar-refractivity contribution < 1.29 is 27.9 Å². The minimum atomic E-state index is -4.70. The van der Waals surface area contributed by atoms with Crippen LogP contribution in [-0.2, 0) is 11.0 Å². The molecule has 10 nitrogen and oxygen atoms in total. The molecule has 0 aliphatic rings. The zero-order chi connectivity index (χ0) is 19.6. The van der Waals surface area contributed by atoms with Gasteiger partial charge >= 0.3 is 12.1 Å². The second kappa shape index (κ2) is 7.09. The van der Waals surface area contributed by atoms with Crippen molar-refractivity contribution in [3.63, 3.8) is 0 Å². The zero-order valence-electron chi connectivity index (χ0n) is 14.1. The number of rotatable bonds is 6. The number of aryl methyl sites for hydroxylation is 1. The number of carboxylic acid groups (broad SMARTS) is 1. The van der Waals surface area contributed by atoms with Gasteiger partial charge in [0.1, 0.15) is 5.82 Å². The van der Waals surface area contributed by atoms with Crippen LogP contribution in [-0.4, -0.2) is 64.4 Å². The molecule has 0 bridgehead atoms. The van der Waals surface area contributed by atoms with Crippen LogP contribution in [0.2, 0.25) is 0 Å². The Morgan fingerprint density at radius 3 is 2.46 bits per heavy atom. The molecule has 0 fully saturated rings. The third kappa shape index (κ3) is 4.15. The highest BCUT2D eigenvalue weighted by molar-refractivity contribution is 5.91. The molecule has 0 spiro atoms. The Bertz CT molecular complexity index is 812. The third-order valence-electron chi connectivity index (χ3n) is 3.34. The second-order valence-corrected chi connectivity index (χ2v) is 5.61. The van der Waals surface area contributed by atoms with Crippen molar-refractivity contribution >= 4 is 11.9 Å². The number of carbonyl (C=O) groups excluding carboxylic acids is 1. The number of H-pyrrole nitrogens is 1. The van der Waals surface area contributed by atoms with E-state index in [4.69, 9.17) is 5.11 Å². The maximum Gasteiger partial charge on any atom is 0.451 e. The summed E-state index contributed by atoms with van der Waals surface area (Å²) >= 11 is 0. The fourth-order valence-electron chi connectivity index (χ4n) is 2.08. The number of aromatic nitrogens is 6. The Hall–Kier alpha value is -2.99. The SMILES string of the molecule is Cc1nc(C(=O)N(CCC(=O)O)C(C)C)nn1-c1n[nH]c(C(F)(F)F)n1. The summed E-state index contributed by atoms with van der Waals surface area (Å²) in [5.74, 6) is -3.63. The molecule has 2 aromatic rings. The van der Waals surface area contributed by atoms with Crippen molar-refractivity contribution in [3.05, 3.63) is 17.5 Å². The largest absolute Gasteiger partial charge is 0.481 e. The van der Waals surface area contributed by atoms with Gasteiger partial charge in [-0.05, 0) is 20.8 Å². The van der Waals surface area contributed by atoms with Crippen molar-refractivity contribution in [1.29, 1.82) is 0 Å². The van der Waals surface area contributed by atoms with E-state index in [0.717, 1.165) is 4.68 Å². The lowest BCUT2D eigenvalue weighted by atomic mass is 10.2. The Balaban J connectivity index is 2.29. The van der Waals surface area contributed by atoms with Crippen molar-refractivity contribution in [2.24, 2.45) is 0 Å². The molecular formula is C13H16F3N7O3. The first kappa shape index (κ1) is 19.3. The van der Waals surface area contributed by atoms with Crippen LogP contribution in [0.25, 0.3) is 5.95 Å². The monoisotopic (exact) mass is 375 g/mol. The predicted octanol–water partition coefficient (Wildman–Crippen LogP) is 1.04. The van der Waals surface area contributed by atoms with Crippen molar-refractivity contribution in [3.8, 4) is 5.95 Å². The molecule has 2 N–H and O–H groups in total. The number of hydrogen-bond acceptors (Lipinski definition) is 6.